The van der Waals surface area contributed by atoms with Crippen molar-refractivity contribution in [3.05, 3.63) is 23.4 Å². The Labute approximate surface area is 161 Å². The third-order valence-corrected chi connectivity index (χ3v) is 6.29. The minimum atomic E-state index is 0.378. The summed E-state index contributed by atoms with van der Waals surface area (Å²) in [7, 11) is 0. The van der Waals surface area contributed by atoms with Crippen molar-refractivity contribution in [3.8, 4) is 11.5 Å². The monoisotopic (exact) mass is 386 g/mol. The molecule has 2 saturated carbocycles. The number of nitrogens with zero attached hydrogens (tertiary/aromatic N) is 4. The molecule has 4 unspecified atom stereocenters. The minimum Gasteiger partial charge on any atom is -0.381 e. The van der Waals surface area contributed by atoms with Crippen molar-refractivity contribution >= 4 is 23.5 Å². The molecule has 0 amide bonds. The Kier molecular flexibility index (Phi) is 3.54. The number of anilines is 2. The second-order valence-electron chi connectivity index (χ2n) is 7.72. The topological polar surface area (TPSA) is 94.1 Å². The predicted octanol–water partition coefficient (Wildman–Crippen LogP) is 1.70. The predicted molar refractivity (Wildman–Crippen MR) is 98.5 cm³/mol. The molecule has 4 aliphatic rings. The van der Waals surface area contributed by atoms with Crippen molar-refractivity contribution in [2.24, 2.45) is 23.7 Å². The van der Waals surface area contributed by atoms with E-state index in [0.717, 1.165) is 26.4 Å². The van der Waals surface area contributed by atoms with E-state index in [1.54, 1.807) is 6.07 Å². The smallest absolute Gasteiger partial charge is 0.228 e. The van der Waals surface area contributed by atoms with Crippen LogP contribution in [0.2, 0.25) is 5.15 Å². The molecule has 0 bridgehead atoms. The molecule has 4 heterocycles. The summed E-state index contributed by atoms with van der Waals surface area (Å²) in [4.78, 5) is 18.1. The number of hydrogen-bond donors (Lipinski definition) is 2. The lowest BCUT2D eigenvalue weighted by Crippen LogP contribution is -2.18. The Bertz CT molecular complexity index is 832. The van der Waals surface area contributed by atoms with Crippen LogP contribution in [0.3, 0.4) is 0 Å². The summed E-state index contributed by atoms with van der Waals surface area (Å²) in [6.07, 6.45) is 0. The normalized spacial score (nSPS) is 35.4. The summed E-state index contributed by atoms with van der Waals surface area (Å²) in [5.41, 5.74) is 0.634. The zero-order valence-corrected chi connectivity index (χ0v) is 15.3. The summed E-state index contributed by atoms with van der Waals surface area (Å²) in [6.45, 7) is 3.25. The fourth-order valence-electron chi connectivity index (χ4n) is 4.36. The summed E-state index contributed by atoms with van der Waals surface area (Å²) in [6, 6.07) is 6.20. The number of rotatable bonds is 5. The number of ether oxygens (including phenoxy) is 2. The van der Waals surface area contributed by atoms with Crippen molar-refractivity contribution in [2.75, 3.05) is 37.1 Å². The molecule has 4 atom stereocenters. The van der Waals surface area contributed by atoms with Gasteiger partial charge in [0.15, 0.2) is 5.82 Å². The van der Waals surface area contributed by atoms with E-state index in [2.05, 4.69) is 30.6 Å². The molecular formula is C18H19ClN6O2. The summed E-state index contributed by atoms with van der Waals surface area (Å²) < 4.78 is 10.9. The fraction of sp³-hybridized carbons (Fsp3) is 0.556. The average Bonchev–Trinajstić information content (AvgIpc) is 3.30. The van der Waals surface area contributed by atoms with E-state index in [0.29, 0.717) is 64.3 Å². The Hall–Kier alpha value is -2.03. The van der Waals surface area contributed by atoms with Crippen LogP contribution in [0.15, 0.2) is 18.2 Å². The molecule has 2 aromatic heterocycles. The quantitative estimate of drug-likeness (QED) is 0.750. The third-order valence-electron chi connectivity index (χ3n) is 6.08. The highest BCUT2D eigenvalue weighted by atomic mass is 35.5. The van der Waals surface area contributed by atoms with Crippen LogP contribution in [0.25, 0.3) is 11.5 Å². The van der Waals surface area contributed by atoms with Gasteiger partial charge in [-0.05, 0) is 12.1 Å². The second kappa shape index (κ2) is 5.98. The third kappa shape index (κ3) is 2.83. The summed E-state index contributed by atoms with van der Waals surface area (Å²) >= 11 is 6.05. The van der Waals surface area contributed by atoms with Crippen LogP contribution < -0.4 is 10.6 Å². The first-order valence-corrected chi connectivity index (χ1v) is 9.71. The van der Waals surface area contributed by atoms with E-state index >= 15 is 0 Å². The van der Waals surface area contributed by atoms with Crippen molar-refractivity contribution in [1.82, 2.24) is 19.9 Å². The largest absolute Gasteiger partial charge is 0.381 e. The molecule has 0 aromatic carbocycles. The van der Waals surface area contributed by atoms with Gasteiger partial charge in [0.2, 0.25) is 11.9 Å². The first-order valence-electron chi connectivity index (χ1n) is 9.34. The lowest BCUT2D eigenvalue weighted by atomic mass is 10.3. The van der Waals surface area contributed by atoms with Gasteiger partial charge in [-0.2, -0.15) is 15.0 Å². The number of aromatic nitrogens is 4. The molecule has 0 spiro atoms. The van der Waals surface area contributed by atoms with E-state index in [-0.39, 0.29) is 0 Å². The van der Waals surface area contributed by atoms with Crippen LogP contribution in [0.4, 0.5) is 11.9 Å². The number of pyridine rings is 1. The number of hydrogen-bond acceptors (Lipinski definition) is 8. The van der Waals surface area contributed by atoms with Crippen molar-refractivity contribution in [2.45, 2.75) is 12.1 Å². The van der Waals surface area contributed by atoms with Gasteiger partial charge >= 0.3 is 0 Å². The zero-order valence-electron chi connectivity index (χ0n) is 14.5. The van der Waals surface area contributed by atoms with Gasteiger partial charge in [0, 0.05) is 35.8 Å². The molecule has 2 aliphatic heterocycles. The molecule has 0 radical (unpaired) electrons. The number of fused-ring (bicyclic) bond motifs is 2. The Morgan fingerprint density at radius 3 is 1.85 bits per heavy atom. The maximum atomic E-state index is 6.05. The van der Waals surface area contributed by atoms with Gasteiger partial charge in [-0.25, -0.2) is 4.98 Å². The van der Waals surface area contributed by atoms with Gasteiger partial charge in [0.1, 0.15) is 10.8 Å². The van der Waals surface area contributed by atoms with Gasteiger partial charge < -0.3 is 20.1 Å². The lowest BCUT2D eigenvalue weighted by molar-refractivity contribution is 0.162. The molecule has 8 nitrogen and oxygen atoms in total. The SMILES string of the molecule is Clc1cccc(-c2nc(NC3C4COCC43)nc(NC3C4COCC43)n2)n1. The van der Waals surface area contributed by atoms with Gasteiger partial charge in [0.25, 0.3) is 0 Å². The Morgan fingerprint density at radius 1 is 0.778 bits per heavy atom. The van der Waals surface area contributed by atoms with Crippen LogP contribution in [0, 0.1) is 23.7 Å². The second-order valence-corrected chi connectivity index (χ2v) is 8.11. The molecule has 6 rings (SSSR count). The maximum absolute atomic E-state index is 6.05. The first kappa shape index (κ1) is 16.0. The molecule has 9 heteroatoms. The van der Waals surface area contributed by atoms with Gasteiger partial charge in [-0.3, -0.25) is 0 Å². The van der Waals surface area contributed by atoms with Crippen molar-refractivity contribution < 1.29 is 9.47 Å². The standard InChI is InChI=1S/C18H19ClN6O2/c19-13-3-1-2-12(20-13)16-23-17(21-14-8-4-26-5-9(8)14)25-18(24-16)22-15-10-6-27-7-11(10)15/h1-3,8-11,14-15H,4-7H2,(H2,21,22,23,24,25). The molecular weight excluding hydrogens is 368 g/mol. The lowest BCUT2D eigenvalue weighted by Gasteiger charge is -2.12. The minimum absolute atomic E-state index is 0.378. The molecule has 4 fully saturated rings. The van der Waals surface area contributed by atoms with E-state index in [1.165, 1.54) is 0 Å². The maximum Gasteiger partial charge on any atom is 0.228 e. The molecule has 27 heavy (non-hydrogen) atoms. The first-order chi connectivity index (χ1) is 13.3. The molecule has 2 N–H and O–H groups in total. The molecule has 2 aliphatic carbocycles. The summed E-state index contributed by atoms with van der Waals surface area (Å²) in [5, 5.41) is 7.34. The fourth-order valence-corrected chi connectivity index (χ4v) is 4.52. The number of halogens is 1. The summed E-state index contributed by atoms with van der Waals surface area (Å²) in [5.74, 6) is 3.91. The molecule has 2 saturated heterocycles. The van der Waals surface area contributed by atoms with Crippen LogP contribution in [0.1, 0.15) is 0 Å². The van der Waals surface area contributed by atoms with Gasteiger partial charge in [0.05, 0.1) is 26.4 Å². The Balaban J connectivity index is 1.29. The van der Waals surface area contributed by atoms with Crippen molar-refractivity contribution in [1.29, 1.82) is 0 Å². The van der Waals surface area contributed by atoms with Crippen LogP contribution in [0.5, 0.6) is 0 Å². The van der Waals surface area contributed by atoms with E-state index in [4.69, 9.17) is 21.1 Å². The molecule has 140 valence electrons. The van der Waals surface area contributed by atoms with Gasteiger partial charge in [-0.15, -0.1) is 0 Å². The average molecular weight is 387 g/mol. The van der Waals surface area contributed by atoms with E-state index < -0.39 is 0 Å². The molecule has 2 aromatic rings. The zero-order chi connectivity index (χ0) is 18.0. The highest BCUT2D eigenvalue weighted by Gasteiger charge is 2.55. The van der Waals surface area contributed by atoms with Crippen molar-refractivity contribution in [3.63, 3.8) is 0 Å². The van der Waals surface area contributed by atoms with Crippen LogP contribution >= 0.6 is 11.6 Å². The van der Waals surface area contributed by atoms with Crippen LogP contribution in [-0.2, 0) is 9.47 Å². The Morgan fingerprint density at radius 2 is 1.33 bits per heavy atom. The van der Waals surface area contributed by atoms with Gasteiger partial charge in [-0.1, -0.05) is 17.7 Å². The van der Waals surface area contributed by atoms with E-state index in [9.17, 15) is 0 Å². The highest BCUT2D eigenvalue weighted by Crippen LogP contribution is 2.47. The highest BCUT2D eigenvalue weighted by molar-refractivity contribution is 6.29. The number of nitrogens with one attached hydrogen (secondary N) is 2. The van der Waals surface area contributed by atoms with E-state index in [1.807, 2.05) is 12.1 Å². The van der Waals surface area contributed by atoms with Crippen LogP contribution in [-0.4, -0.2) is 58.4 Å².